The van der Waals surface area contributed by atoms with Crippen molar-refractivity contribution in [3.63, 3.8) is 0 Å². The molecule has 0 unspecified atom stereocenters. The van der Waals surface area contributed by atoms with Crippen LogP contribution in [0.5, 0.6) is 23.0 Å². The number of hydrogen-bond acceptors (Lipinski definition) is 9. The quantitative estimate of drug-likeness (QED) is 0.0762. The van der Waals surface area contributed by atoms with Crippen molar-refractivity contribution < 1.29 is 38.0 Å². The number of ether oxygens (including phenoxy) is 6. The molecule has 0 heterocycles. The van der Waals surface area contributed by atoms with E-state index in [0.29, 0.717) is 36.1 Å². The van der Waals surface area contributed by atoms with Gasteiger partial charge in [-0.25, -0.2) is 9.59 Å². The zero-order valence-corrected chi connectivity index (χ0v) is 32.3. The lowest BCUT2D eigenvalue weighted by Crippen LogP contribution is -2.17. The summed E-state index contributed by atoms with van der Waals surface area (Å²) in [6, 6.07) is 46.2. The first kappa shape index (κ1) is 40.1. The van der Waals surface area contributed by atoms with Crippen LogP contribution in [0.15, 0.2) is 146 Å². The van der Waals surface area contributed by atoms with Crippen molar-refractivity contribution in [3.8, 4) is 23.0 Å². The van der Waals surface area contributed by atoms with Crippen molar-refractivity contribution in [2.75, 3.05) is 13.2 Å². The van der Waals surface area contributed by atoms with Gasteiger partial charge >= 0.3 is 11.9 Å². The summed E-state index contributed by atoms with van der Waals surface area (Å²) in [5.74, 6) is 0.758. The van der Waals surface area contributed by atoms with Crippen molar-refractivity contribution in [3.05, 3.63) is 190 Å². The Labute approximate surface area is 334 Å². The number of benzene rings is 6. The van der Waals surface area contributed by atoms with Crippen LogP contribution in [0.25, 0.3) is 0 Å². The van der Waals surface area contributed by atoms with Gasteiger partial charge < -0.3 is 33.7 Å². The van der Waals surface area contributed by atoms with E-state index in [4.69, 9.17) is 28.4 Å². The number of carbonyl (C=O) groups excluding carboxylic acids is 2. The summed E-state index contributed by atoms with van der Waals surface area (Å²) in [6.45, 7) is 5.69. The summed E-state index contributed by atoms with van der Waals surface area (Å²) in [7, 11) is 0. The summed E-state index contributed by atoms with van der Waals surface area (Å²) in [5, 5.41) is 3.54. The molecule has 6 rings (SSSR count). The lowest BCUT2D eigenvalue weighted by atomic mass is 10.1. The maximum Gasteiger partial charge on any atom is 0.342 e. The van der Waals surface area contributed by atoms with Crippen molar-refractivity contribution in [1.82, 2.24) is 5.32 Å². The predicted octanol–water partition coefficient (Wildman–Crippen LogP) is 9.65. The minimum Gasteiger partial charge on any atom is -0.489 e. The minimum absolute atomic E-state index is 0.209. The SMILES string of the molecule is CCOC(=O)c1cc(OCc2ccccc2)c(CNCc2cc(OCc3ccccc3)c(C(=O)OCC)cc2OCc2ccccc2)cc1OCc1ccccc1. The van der Waals surface area contributed by atoms with E-state index in [-0.39, 0.29) is 50.8 Å². The molecule has 0 aliphatic heterocycles. The Balaban J connectivity index is 1.32. The van der Waals surface area contributed by atoms with Crippen LogP contribution in [0.1, 0.15) is 67.9 Å². The first-order chi connectivity index (χ1) is 28.0. The van der Waals surface area contributed by atoms with E-state index >= 15 is 0 Å². The molecule has 0 radical (unpaired) electrons. The van der Waals surface area contributed by atoms with E-state index in [9.17, 15) is 9.59 Å². The normalized spacial score (nSPS) is 10.7. The van der Waals surface area contributed by atoms with Crippen molar-refractivity contribution >= 4 is 11.9 Å². The summed E-state index contributed by atoms with van der Waals surface area (Å²) < 4.78 is 36.2. The fraction of sp³-hybridized carbons (Fsp3) is 0.208. The molecule has 0 saturated carbocycles. The number of esters is 2. The maximum atomic E-state index is 13.3. The highest BCUT2D eigenvalue weighted by Gasteiger charge is 2.22. The Morgan fingerprint density at radius 3 is 1.02 bits per heavy atom. The monoisotopic (exact) mass is 765 g/mol. The van der Waals surface area contributed by atoms with Gasteiger partial charge in [0.15, 0.2) is 0 Å². The van der Waals surface area contributed by atoms with E-state index in [1.54, 1.807) is 26.0 Å². The first-order valence-corrected chi connectivity index (χ1v) is 19.1. The number of hydrogen-bond donors (Lipinski definition) is 1. The molecule has 6 aromatic rings. The summed E-state index contributed by atoms with van der Waals surface area (Å²) >= 11 is 0. The molecule has 9 heteroatoms. The van der Waals surface area contributed by atoms with Crippen molar-refractivity contribution in [2.24, 2.45) is 0 Å². The summed E-state index contributed by atoms with van der Waals surface area (Å²) in [4.78, 5) is 26.6. The molecule has 0 spiro atoms. The van der Waals surface area contributed by atoms with E-state index in [2.05, 4.69) is 5.32 Å². The van der Waals surface area contributed by atoms with Gasteiger partial charge in [-0.2, -0.15) is 0 Å². The Kier molecular flexibility index (Phi) is 14.7. The largest absolute Gasteiger partial charge is 0.489 e. The highest BCUT2D eigenvalue weighted by Crippen LogP contribution is 2.34. The minimum atomic E-state index is -0.505. The van der Waals surface area contributed by atoms with Gasteiger partial charge in [0.25, 0.3) is 0 Å². The molecule has 0 aromatic heterocycles. The van der Waals surface area contributed by atoms with E-state index < -0.39 is 11.9 Å². The Morgan fingerprint density at radius 1 is 0.421 bits per heavy atom. The average molecular weight is 766 g/mol. The molecule has 0 saturated heterocycles. The van der Waals surface area contributed by atoms with Gasteiger partial charge in [0.05, 0.1) is 13.2 Å². The van der Waals surface area contributed by atoms with Crippen molar-refractivity contribution in [2.45, 2.75) is 53.4 Å². The average Bonchev–Trinajstić information content (AvgIpc) is 3.25. The molecule has 6 aromatic carbocycles. The van der Waals surface area contributed by atoms with Gasteiger partial charge in [-0.05, 0) is 60.4 Å². The second kappa shape index (κ2) is 20.9. The summed E-state index contributed by atoms with van der Waals surface area (Å²) in [5.41, 5.74) is 5.92. The number of nitrogens with one attached hydrogen (secondary N) is 1. The highest BCUT2D eigenvalue weighted by molar-refractivity contribution is 5.94. The van der Waals surface area contributed by atoms with Crippen LogP contribution in [0.3, 0.4) is 0 Å². The van der Waals surface area contributed by atoms with E-state index in [1.165, 1.54) is 0 Å². The lowest BCUT2D eigenvalue weighted by Gasteiger charge is -2.19. The van der Waals surface area contributed by atoms with Gasteiger partial charge in [-0.1, -0.05) is 121 Å². The van der Waals surface area contributed by atoms with Gasteiger partial charge in [-0.15, -0.1) is 0 Å². The molecule has 57 heavy (non-hydrogen) atoms. The highest BCUT2D eigenvalue weighted by atomic mass is 16.5. The lowest BCUT2D eigenvalue weighted by molar-refractivity contribution is 0.0510. The first-order valence-electron chi connectivity index (χ1n) is 19.1. The number of rotatable bonds is 20. The van der Waals surface area contributed by atoms with Gasteiger partial charge in [0.2, 0.25) is 0 Å². The second-order valence-corrected chi connectivity index (χ2v) is 13.1. The molecule has 0 fully saturated rings. The fourth-order valence-corrected chi connectivity index (χ4v) is 6.00. The van der Waals surface area contributed by atoms with Crippen LogP contribution < -0.4 is 24.3 Å². The molecule has 0 aliphatic carbocycles. The topological polar surface area (TPSA) is 102 Å². The zero-order valence-electron chi connectivity index (χ0n) is 32.3. The third-order valence-electron chi connectivity index (χ3n) is 8.90. The van der Waals surface area contributed by atoms with Crippen LogP contribution >= 0.6 is 0 Å². The van der Waals surface area contributed by atoms with E-state index in [1.807, 2.05) is 133 Å². The number of carbonyl (C=O) groups is 2. The summed E-state index contributed by atoms with van der Waals surface area (Å²) in [6.07, 6.45) is 0. The standard InChI is InChI=1S/C48H47NO8/c1-3-52-47(50)41-27-43(54-31-35-17-9-5-10-18-35)39(25-45(41)56-33-37-21-13-7-14-22-37)29-49-30-40-26-46(57-34-38-23-15-8-16-24-38)42(48(51)53-4-2)28-44(40)55-32-36-19-11-6-12-20-36/h5-28,49H,3-4,29-34H2,1-2H3. The van der Waals surface area contributed by atoms with Crippen LogP contribution in [0, 0.1) is 0 Å². The maximum absolute atomic E-state index is 13.3. The molecular weight excluding hydrogens is 719 g/mol. The van der Waals surface area contributed by atoms with Crippen LogP contribution in [0.4, 0.5) is 0 Å². The van der Waals surface area contributed by atoms with Crippen molar-refractivity contribution in [1.29, 1.82) is 0 Å². The third kappa shape index (κ3) is 11.7. The molecule has 292 valence electrons. The fourth-order valence-electron chi connectivity index (χ4n) is 6.00. The smallest absolute Gasteiger partial charge is 0.342 e. The van der Waals surface area contributed by atoms with Crippen LogP contribution in [0.2, 0.25) is 0 Å². The molecule has 0 amide bonds. The van der Waals surface area contributed by atoms with E-state index in [0.717, 1.165) is 33.4 Å². The van der Waals surface area contributed by atoms with Gasteiger partial charge in [-0.3, -0.25) is 0 Å². The third-order valence-corrected chi connectivity index (χ3v) is 8.90. The molecule has 9 nitrogen and oxygen atoms in total. The molecule has 0 bridgehead atoms. The van der Waals surface area contributed by atoms with Gasteiger partial charge in [0.1, 0.15) is 60.6 Å². The zero-order chi connectivity index (χ0) is 39.7. The van der Waals surface area contributed by atoms with Gasteiger partial charge in [0, 0.05) is 24.2 Å². The Hall–Kier alpha value is -6.58. The Morgan fingerprint density at radius 2 is 0.719 bits per heavy atom. The Bertz CT molecular complexity index is 2020. The van der Waals surface area contributed by atoms with Crippen LogP contribution in [-0.4, -0.2) is 25.2 Å². The predicted molar refractivity (Wildman–Crippen MR) is 218 cm³/mol. The molecule has 0 aliphatic rings. The second-order valence-electron chi connectivity index (χ2n) is 13.1. The molecular formula is C48H47NO8. The molecule has 0 atom stereocenters. The molecule has 1 N–H and O–H groups in total. The van der Waals surface area contributed by atoms with Crippen LogP contribution in [-0.2, 0) is 49.0 Å².